The topological polar surface area (TPSA) is 4.93 Å². The second kappa shape index (κ2) is 6.81. The SMILES string of the molecule is CC1(C)c2ccccc2-c2cc3c(cc21)C(C)(C)c1ccc(-n2c4ccccc4c4ccccc42)cc1-3. The summed E-state index contributed by atoms with van der Waals surface area (Å²) in [4.78, 5) is 0. The summed E-state index contributed by atoms with van der Waals surface area (Å²) in [6, 6.07) is 38.6. The fourth-order valence-electron chi connectivity index (χ4n) is 7.27. The summed E-state index contributed by atoms with van der Waals surface area (Å²) in [5.41, 5.74) is 15.0. The Kier molecular flexibility index (Phi) is 3.87. The number of nitrogens with zero attached hydrogens (tertiary/aromatic N) is 1. The number of hydrogen-bond donors (Lipinski definition) is 0. The van der Waals surface area contributed by atoms with Crippen LogP contribution in [0.5, 0.6) is 0 Å². The second-order valence-corrected chi connectivity index (χ2v) is 11.8. The summed E-state index contributed by atoms with van der Waals surface area (Å²) in [5.74, 6) is 0. The molecule has 5 aromatic carbocycles. The molecule has 8 rings (SSSR count). The van der Waals surface area contributed by atoms with Crippen LogP contribution in [-0.2, 0) is 10.8 Å². The highest BCUT2D eigenvalue weighted by Crippen LogP contribution is 2.56. The molecule has 0 saturated heterocycles. The normalized spacial score (nSPS) is 16.0. The third kappa shape index (κ3) is 2.54. The summed E-state index contributed by atoms with van der Waals surface area (Å²) in [6.45, 7) is 9.53. The molecule has 1 heteroatoms. The van der Waals surface area contributed by atoms with Gasteiger partial charge < -0.3 is 4.57 Å². The van der Waals surface area contributed by atoms with Crippen LogP contribution in [0.4, 0.5) is 0 Å². The monoisotopic (exact) mass is 475 g/mol. The lowest BCUT2D eigenvalue weighted by Gasteiger charge is -2.25. The van der Waals surface area contributed by atoms with Gasteiger partial charge in [0.2, 0.25) is 0 Å². The van der Waals surface area contributed by atoms with Crippen LogP contribution in [0, 0.1) is 0 Å². The van der Waals surface area contributed by atoms with Gasteiger partial charge in [-0.2, -0.15) is 0 Å². The fourth-order valence-corrected chi connectivity index (χ4v) is 7.27. The van der Waals surface area contributed by atoms with Crippen molar-refractivity contribution in [3.63, 3.8) is 0 Å². The average molecular weight is 476 g/mol. The lowest BCUT2D eigenvalue weighted by atomic mass is 9.78. The van der Waals surface area contributed by atoms with E-state index in [1.54, 1.807) is 0 Å². The van der Waals surface area contributed by atoms with Gasteiger partial charge in [-0.1, -0.05) is 100 Å². The Morgan fingerprint density at radius 2 is 0.946 bits per heavy atom. The van der Waals surface area contributed by atoms with Crippen LogP contribution in [0.25, 0.3) is 49.7 Å². The van der Waals surface area contributed by atoms with Crippen molar-refractivity contribution in [1.29, 1.82) is 0 Å². The van der Waals surface area contributed by atoms with E-state index in [1.807, 2.05) is 0 Å². The van der Waals surface area contributed by atoms with Crippen molar-refractivity contribution in [3.8, 4) is 27.9 Å². The number of para-hydroxylation sites is 2. The van der Waals surface area contributed by atoms with Crippen LogP contribution in [0.15, 0.2) is 103 Å². The standard InChI is InChI=1S/C36H29N/c1-35(2)29-14-8-5-11-23(29)27-20-28-26-19-22(17-18-30(26)36(3,4)32(28)21-31(27)35)37-33-15-9-6-12-24(33)25-13-7-10-16-34(25)37/h5-21H,1-4H3. The Bertz CT molecular complexity index is 1880. The van der Waals surface area contributed by atoms with Gasteiger partial charge >= 0.3 is 0 Å². The summed E-state index contributed by atoms with van der Waals surface area (Å²) in [6.07, 6.45) is 0. The minimum absolute atomic E-state index is 0.0138. The maximum atomic E-state index is 2.52. The zero-order chi connectivity index (χ0) is 25.1. The highest BCUT2D eigenvalue weighted by atomic mass is 15.0. The molecule has 0 amide bonds. The Hall–Kier alpha value is -4.10. The third-order valence-electron chi connectivity index (χ3n) is 9.20. The van der Waals surface area contributed by atoms with Gasteiger partial charge in [-0.3, -0.25) is 0 Å². The van der Waals surface area contributed by atoms with Crippen LogP contribution < -0.4 is 0 Å². The van der Waals surface area contributed by atoms with Gasteiger partial charge in [0, 0.05) is 27.3 Å². The molecule has 2 aliphatic rings. The van der Waals surface area contributed by atoms with Crippen molar-refractivity contribution in [2.75, 3.05) is 0 Å². The van der Waals surface area contributed by atoms with Gasteiger partial charge in [0.05, 0.1) is 11.0 Å². The molecule has 0 saturated carbocycles. The predicted octanol–water partition coefficient (Wildman–Crippen LogP) is 9.40. The van der Waals surface area contributed by atoms with Crippen molar-refractivity contribution in [2.24, 2.45) is 0 Å². The Labute approximate surface area is 218 Å². The molecule has 6 aromatic rings. The van der Waals surface area contributed by atoms with E-state index < -0.39 is 0 Å². The molecule has 37 heavy (non-hydrogen) atoms. The summed E-state index contributed by atoms with van der Waals surface area (Å²) in [7, 11) is 0. The fraction of sp³-hybridized carbons (Fsp3) is 0.167. The molecule has 0 fully saturated rings. The average Bonchev–Trinajstić information content (AvgIpc) is 3.45. The molecule has 0 N–H and O–H groups in total. The maximum absolute atomic E-state index is 2.52. The van der Waals surface area contributed by atoms with Crippen LogP contribution in [0.1, 0.15) is 49.9 Å². The number of fused-ring (bicyclic) bond motifs is 9. The van der Waals surface area contributed by atoms with Gasteiger partial charge in [-0.25, -0.2) is 0 Å². The molecular weight excluding hydrogens is 446 g/mol. The number of hydrogen-bond acceptors (Lipinski definition) is 0. The van der Waals surface area contributed by atoms with Gasteiger partial charge in [-0.05, 0) is 74.8 Å². The summed E-state index contributed by atoms with van der Waals surface area (Å²) in [5, 5.41) is 2.60. The molecule has 2 aliphatic carbocycles. The first-order valence-electron chi connectivity index (χ1n) is 13.3. The van der Waals surface area contributed by atoms with Gasteiger partial charge in [0.1, 0.15) is 0 Å². The minimum Gasteiger partial charge on any atom is -0.309 e. The first-order chi connectivity index (χ1) is 17.9. The van der Waals surface area contributed by atoms with Crippen LogP contribution in [0.2, 0.25) is 0 Å². The molecule has 0 atom stereocenters. The van der Waals surface area contributed by atoms with E-state index in [0.29, 0.717) is 0 Å². The molecule has 0 aliphatic heterocycles. The van der Waals surface area contributed by atoms with E-state index in [0.717, 1.165) is 0 Å². The Balaban J connectivity index is 1.41. The number of benzene rings is 5. The summed E-state index contributed by atoms with van der Waals surface area (Å²) >= 11 is 0. The highest BCUT2D eigenvalue weighted by molar-refractivity contribution is 6.09. The lowest BCUT2D eigenvalue weighted by Crippen LogP contribution is -2.18. The van der Waals surface area contributed by atoms with E-state index in [4.69, 9.17) is 0 Å². The molecule has 0 radical (unpaired) electrons. The van der Waals surface area contributed by atoms with Gasteiger partial charge in [0.15, 0.2) is 0 Å². The van der Waals surface area contributed by atoms with E-state index in [9.17, 15) is 0 Å². The molecule has 178 valence electrons. The van der Waals surface area contributed by atoms with Crippen LogP contribution in [-0.4, -0.2) is 4.57 Å². The van der Waals surface area contributed by atoms with Crippen molar-refractivity contribution in [3.05, 3.63) is 125 Å². The van der Waals surface area contributed by atoms with E-state index in [-0.39, 0.29) is 10.8 Å². The lowest BCUT2D eigenvalue weighted by molar-refractivity contribution is 0.639. The molecule has 1 nitrogen and oxygen atoms in total. The predicted molar refractivity (Wildman–Crippen MR) is 156 cm³/mol. The zero-order valence-corrected chi connectivity index (χ0v) is 21.8. The van der Waals surface area contributed by atoms with Gasteiger partial charge in [0.25, 0.3) is 0 Å². The van der Waals surface area contributed by atoms with E-state index in [2.05, 4.69) is 135 Å². The molecule has 0 bridgehead atoms. The number of aromatic nitrogens is 1. The largest absolute Gasteiger partial charge is 0.309 e. The molecular formula is C36H29N. The van der Waals surface area contributed by atoms with Crippen molar-refractivity contribution in [1.82, 2.24) is 4.57 Å². The quantitative estimate of drug-likeness (QED) is 0.223. The third-order valence-corrected chi connectivity index (χ3v) is 9.20. The van der Waals surface area contributed by atoms with Crippen LogP contribution in [0.3, 0.4) is 0 Å². The first kappa shape index (κ1) is 21.0. The smallest absolute Gasteiger partial charge is 0.0541 e. The summed E-state index contributed by atoms with van der Waals surface area (Å²) < 4.78 is 2.43. The highest BCUT2D eigenvalue weighted by Gasteiger charge is 2.41. The zero-order valence-electron chi connectivity index (χ0n) is 21.8. The maximum Gasteiger partial charge on any atom is 0.0541 e. The van der Waals surface area contributed by atoms with Gasteiger partial charge in [-0.15, -0.1) is 0 Å². The molecule has 1 aromatic heterocycles. The van der Waals surface area contributed by atoms with Crippen molar-refractivity contribution < 1.29 is 0 Å². The molecule has 0 unspecified atom stereocenters. The van der Waals surface area contributed by atoms with E-state index in [1.165, 1.54) is 72.0 Å². The number of rotatable bonds is 1. The van der Waals surface area contributed by atoms with Crippen molar-refractivity contribution in [2.45, 2.75) is 38.5 Å². The van der Waals surface area contributed by atoms with Crippen molar-refractivity contribution >= 4 is 21.8 Å². The first-order valence-corrected chi connectivity index (χ1v) is 13.3. The van der Waals surface area contributed by atoms with Crippen LogP contribution >= 0.6 is 0 Å². The molecule has 1 heterocycles. The Morgan fingerprint density at radius 3 is 1.62 bits per heavy atom. The Morgan fingerprint density at radius 1 is 0.432 bits per heavy atom. The second-order valence-electron chi connectivity index (χ2n) is 11.8. The van der Waals surface area contributed by atoms with E-state index >= 15 is 0 Å². The minimum atomic E-state index is -0.0378. The molecule has 0 spiro atoms.